The van der Waals surface area contributed by atoms with Gasteiger partial charge in [0.1, 0.15) is 0 Å². The maximum Gasteiger partial charge on any atom is 0.240 e. The van der Waals surface area contributed by atoms with Gasteiger partial charge >= 0.3 is 0 Å². The van der Waals surface area contributed by atoms with Crippen LogP contribution in [0.3, 0.4) is 0 Å². The SMILES string of the molecule is CC(C)Cc1noc(CN2C[C@H](C)OC[C@H]2C)n1. The average Bonchev–Trinajstić information content (AvgIpc) is 2.70. The number of nitrogens with zero attached hydrogens (tertiary/aromatic N) is 3. The van der Waals surface area contributed by atoms with E-state index in [1.165, 1.54) is 0 Å². The lowest BCUT2D eigenvalue weighted by Gasteiger charge is -2.35. The summed E-state index contributed by atoms with van der Waals surface area (Å²) >= 11 is 0. The quantitative estimate of drug-likeness (QED) is 0.820. The molecule has 102 valence electrons. The number of aromatic nitrogens is 2. The van der Waals surface area contributed by atoms with E-state index in [4.69, 9.17) is 9.26 Å². The summed E-state index contributed by atoms with van der Waals surface area (Å²) in [6.45, 7) is 11.0. The fourth-order valence-corrected chi connectivity index (χ4v) is 2.17. The summed E-state index contributed by atoms with van der Waals surface area (Å²) in [5, 5.41) is 4.02. The molecule has 1 aliphatic heterocycles. The van der Waals surface area contributed by atoms with E-state index in [2.05, 4.69) is 42.7 Å². The molecule has 0 saturated carbocycles. The van der Waals surface area contributed by atoms with Gasteiger partial charge in [0, 0.05) is 19.0 Å². The number of hydrogen-bond acceptors (Lipinski definition) is 5. The van der Waals surface area contributed by atoms with Crippen molar-refractivity contribution in [1.29, 1.82) is 0 Å². The van der Waals surface area contributed by atoms with Gasteiger partial charge in [-0.1, -0.05) is 19.0 Å². The molecule has 5 nitrogen and oxygen atoms in total. The van der Waals surface area contributed by atoms with Crippen LogP contribution in [-0.4, -0.2) is 40.3 Å². The maximum atomic E-state index is 5.61. The second kappa shape index (κ2) is 5.80. The van der Waals surface area contributed by atoms with Gasteiger partial charge in [-0.25, -0.2) is 0 Å². The Morgan fingerprint density at radius 3 is 2.89 bits per heavy atom. The summed E-state index contributed by atoms with van der Waals surface area (Å²) in [7, 11) is 0. The van der Waals surface area contributed by atoms with Gasteiger partial charge in [0.05, 0.1) is 19.3 Å². The molecule has 1 aromatic rings. The van der Waals surface area contributed by atoms with Crippen LogP contribution in [0.5, 0.6) is 0 Å². The molecule has 18 heavy (non-hydrogen) atoms. The van der Waals surface area contributed by atoms with Crippen LogP contribution in [-0.2, 0) is 17.7 Å². The van der Waals surface area contributed by atoms with Crippen molar-refractivity contribution in [3.63, 3.8) is 0 Å². The van der Waals surface area contributed by atoms with E-state index in [1.807, 2.05) is 0 Å². The van der Waals surface area contributed by atoms with E-state index in [1.54, 1.807) is 0 Å². The molecular weight excluding hydrogens is 230 g/mol. The van der Waals surface area contributed by atoms with Crippen LogP contribution in [0.1, 0.15) is 39.4 Å². The third-order valence-electron chi connectivity index (χ3n) is 3.18. The summed E-state index contributed by atoms with van der Waals surface area (Å²) in [5.74, 6) is 2.08. The molecule has 1 aliphatic rings. The molecular formula is C13H23N3O2. The van der Waals surface area contributed by atoms with Gasteiger partial charge in [-0.05, 0) is 19.8 Å². The van der Waals surface area contributed by atoms with Crippen LogP contribution >= 0.6 is 0 Å². The van der Waals surface area contributed by atoms with Crippen LogP contribution < -0.4 is 0 Å². The molecule has 0 amide bonds. The van der Waals surface area contributed by atoms with E-state index < -0.39 is 0 Å². The molecule has 1 aromatic heterocycles. The van der Waals surface area contributed by atoms with Crippen LogP contribution in [0.4, 0.5) is 0 Å². The first-order valence-corrected chi connectivity index (χ1v) is 6.71. The van der Waals surface area contributed by atoms with E-state index in [0.717, 1.165) is 31.9 Å². The molecule has 1 fully saturated rings. The van der Waals surface area contributed by atoms with Crippen LogP contribution in [0.2, 0.25) is 0 Å². The third-order valence-corrected chi connectivity index (χ3v) is 3.18. The highest BCUT2D eigenvalue weighted by molar-refractivity contribution is 4.89. The van der Waals surface area contributed by atoms with Crippen molar-refractivity contribution in [2.45, 2.75) is 52.8 Å². The molecule has 0 radical (unpaired) electrons. The molecule has 2 rings (SSSR count). The van der Waals surface area contributed by atoms with Crippen molar-refractivity contribution >= 4 is 0 Å². The lowest BCUT2D eigenvalue weighted by atomic mass is 10.1. The van der Waals surface area contributed by atoms with Gasteiger partial charge < -0.3 is 9.26 Å². The van der Waals surface area contributed by atoms with Gasteiger partial charge in [0.15, 0.2) is 5.82 Å². The summed E-state index contributed by atoms with van der Waals surface area (Å²) in [6.07, 6.45) is 1.15. The molecule has 0 bridgehead atoms. The Hall–Kier alpha value is -0.940. The van der Waals surface area contributed by atoms with E-state index in [9.17, 15) is 0 Å². The number of morpholine rings is 1. The largest absolute Gasteiger partial charge is 0.376 e. The zero-order valence-electron chi connectivity index (χ0n) is 11.7. The molecule has 1 saturated heterocycles. The average molecular weight is 253 g/mol. The molecule has 0 spiro atoms. The fourth-order valence-electron chi connectivity index (χ4n) is 2.17. The molecule has 2 atom stereocenters. The fraction of sp³-hybridized carbons (Fsp3) is 0.846. The molecule has 0 aromatic carbocycles. The second-order valence-electron chi connectivity index (χ2n) is 5.62. The first-order valence-electron chi connectivity index (χ1n) is 6.71. The predicted molar refractivity (Wildman–Crippen MR) is 68.1 cm³/mol. The number of ether oxygens (including phenoxy) is 1. The van der Waals surface area contributed by atoms with Crippen molar-refractivity contribution in [3.05, 3.63) is 11.7 Å². The molecule has 0 N–H and O–H groups in total. The van der Waals surface area contributed by atoms with Gasteiger partial charge in [0.25, 0.3) is 0 Å². The zero-order chi connectivity index (χ0) is 13.1. The van der Waals surface area contributed by atoms with E-state index in [0.29, 0.717) is 17.9 Å². The van der Waals surface area contributed by atoms with Gasteiger partial charge in [-0.2, -0.15) is 4.98 Å². The Morgan fingerprint density at radius 1 is 1.39 bits per heavy atom. The zero-order valence-corrected chi connectivity index (χ0v) is 11.7. The van der Waals surface area contributed by atoms with E-state index >= 15 is 0 Å². The lowest BCUT2D eigenvalue weighted by molar-refractivity contribution is -0.0555. The lowest BCUT2D eigenvalue weighted by Crippen LogP contribution is -2.46. The first-order chi connectivity index (χ1) is 8.54. The minimum atomic E-state index is 0.277. The number of rotatable bonds is 4. The van der Waals surface area contributed by atoms with Gasteiger partial charge in [-0.15, -0.1) is 0 Å². The van der Waals surface area contributed by atoms with Crippen molar-refractivity contribution in [2.75, 3.05) is 13.2 Å². The third kappa shape index (κ3) is 3.53. The van der Waals surface area contributed by atoms with Crippen molar-refractivity contribution < 1.29 is 9.26 Å². The standard InChI is InChI=1S/C13H23N3O2/c1-9(2)5-12-14-13(18-15-12)7-16-6-11(4)17-8-10(16)3/h9-11H,5-8H2,1-4H3/t10-,11+/m1/s1. The maximum absolute atomic E-state index is 5.61. The number of hydrogen-bond donors (Lipinski definition) is 0. The van der Waals surface area contributed by atoms with Crippen molar-refractivity contribution in [3.8, 4) is 0 Å². The van der Waals surface area contributed by atoms with Gasteiger partial charge in [-0.3, -0.25) is 4.90 Å². The van der Waals surface area contributed by atoms with Crippen LogP contribution in [0, 0.1) is 5.92 Å². The minimum Gasteiger partial charge on any atom is -0.376 e. The van der Waals surface area contributed by atoms with E-state index in [-0.39, 0.29) is 6.10 Å². The summed E-state index contributed by atoms with van der Waals surface area (Å²) in [5.41, 5.74) is 0. The molecule has 5 heteroatoms. The summed E-state index contributed by atoms with van der Waals surface area (Å²) in [4.78, 5) is 6.78. The Kier molecular flexibility index (Phi) is 4.35. The Bertz CT molecular complexity index is 378. The first kappa shape index (κ1) is 13.5. The van der Waals surface area contributed by atoms with Gasteiger partial charge in [0.2, 0.25) is 5.89 Å². The molecule has 0 unspecified atom stereocenters. The Labute approximate surface area is 108 Å². The highest BCUT2D eigenvalue weighted by Gasteiger charge is 2.25. The topological polar surface area (TPSA) is 51.4 Å². The van der Waals surface area contributed by atoms with Crippen LogP contribution in [0.15, 0.2) is 4.52 Å². The molecule has 2 heterocycles. The second-order valence-corrected chi connectivity index (χ2v) is 5.62. The highest BCUT2D eigenvalue weighted by Crippen LogP contribution is 2.15. The monoisotopic (exact) mass is 253 g/mol. The Morgan fingerprint density at radius 2 is 2.17 bits per heavy atom. The minimum absolute atomic E-state index is 0.277. The molecule has 0 aliphatic carbocycles. The normalized spacial score (nSPS) is 25.8. The summed E-state index contributed by atoms with van der Waals surface area (Å²) in [6, 6.07) is 0.404. The van der Waals surface area contributed by atoms with Crippen molar-refractivity contribution in [2.24, 2.45) is 5.92 Å². The highest BCUT2D eigenvalue weighted by atomic mass is 16.5. The van der Waals surface area contributed by atoms with Crippen molar-refractivity contribution in [1.82, 2.24) is 15.0 Å². The Balaban J connectivity index is 1.93. The van der Waals surface area contributed by atoms with Crippen LogP contribution in [0.25, 0.3) is 0 Å². The summed E-state index contributed by atoms with van der Waals surface area (Å²) < 4.78 is 10.9. The smallest absolute Gasteiger partial charge is 0.240 e. The predicted octanol–water partition coefficient (Wildman–Crippen LogP) is 1.88.